The molecule has 0 saturated heterocycles. The first-order valence-electron chi connectivity index (χ1n) is 9.01. The van der Waals surface area contributed by atoms with E-state index in [9.17, 15) is 14.0 Å². The van der Waals surface area contributed by atoms with Gasteiger partial charge in [0, 0.05) is 17.6 Å². The topological polar surface area (TPSA) is 62.0 Å². The largest absolute Gasteiger partial charge is 0.351 e. The number of hydrogen-bond acceptors (Lipinski definition) is 2. The first kappa shape index (κ1) is 18.8. The van der Waals surface area contributed by atoms with Crippen molar-refractivity contribution in [2.45, 2.75) is 33.2 Å². The van der Waals surface area contributed by atoms with Crippen LogP contribution >= 0.6 is 0 Å². The van der Waals surface area contributed by atoms with Gasteiger partial charge in [0.05, 0.1) is 5.92 Å². The highest BCUT2D eigenvalue weighted by atomic mass is 19.1. The van der Waals surface area contributed by atoms with Gasteiger partial charge in [-0.3, -0.25) is 9.59 Å². The summed E-state index contributed by atoms with van der Waals surface area (Å²) in [6, 6.07) is 13.6. The van der Waals surface area contributed by atoms with Crippen molar-refractivity contribution in [2.75, 3.05) is 0 Å². The SMILES string of the molecule is Cc1ccc2[nH]c(=O)c(CNC(=O)C(c3ccc(F)cc3)C(C)C)cc2c1. The standard InChI is InChI=1S/C22H23FN2O2/c1-13(2)20(15-5-7-18(23)8-6-15)22(27)24-12-17-11-16-10-14(3)4-9-19(16)25-21(17)26/h4-11,13,20H,12H2,1-3H3,(H,24,27)(H,25,26). The Hall–Kier alpha value is -2.95. The first-order valence-corrected chi connectivity index (χ1v) is 9.01. The molecule has 27 heavy (non-hydrogen) atoms. The number of aromatic nitrogens is 1. The number of carbonyl (C=O) groups excluding carboxylic acids is 1. The monoisotopic (exact) mass is 366 g/mol. The molecule has 0 fully saturated rings. The average Bonchev–Trinajstić information content (AvgIpc) is 2.62. The summed E-state index contributed by atoms with van der Waals surface area (Å²) >= 11 is 0. The molecule has 1 aromatic heterocycles. The number of rotatable bonds is 5. The predicted octanol–water partition coefficient (Wildman–Crippen LogP) is 4.03. The molecule has 1 atom stereocenters. The number of halogens is 1. The van der Waals surface area contributed by atoms with Gasteiger partial charge in [-0.15, -0.1) is 0 Å². The lowest BCUT2D eigenvalue weighted by atomic mass is 9.87. The van der Waals surface area contributed by atoms with Gasteiger partial charge >= 0.3 is 0 Å². The summed E-state index contributed by atoms with van der Waals surface area (Å²) in [7, 11) is 0. The summed E-state index contributed by atoms with van der Waals surface area (Å²) < 4.78 is 13.2. The summed E-state index contributed by atoms with van der Waals surface area (Å²) in [6.07, 6.45) is 0. The molecule has 1 heterocycles. The second-order valence-corrected chi connectivity index (χ2v) is 7.21. The molecule has 2 aromatic carbocycles. The van der Waals surface area contributed by atoms with E-state index in [1.807, 2.05) is 45.0 Å². The van der Waals surface area contributed by atoms with E-state index in [4.69, 9.17) is 0 Å². The van der Waals surface area contributed by atoms with Crippen molar-refractivity contribution in [1.82, 2.24) is 10.3 Å². The van der Waals surface area contributed by atoms with Gasteiger partial charge in [-0.2, -0.15) is 0 Å². The number of H-pyrrole nitrogens is 1. The van der Waals surface area contributed by atoms with Gasteiger partial charge in [-0.1, -0.05) is 37.6 Å². The maximum Gasteiger partial charge on any atom is 0.253 e. The molecule has 0 radical (unpaired) electrons. The fourth-order valence-corrected chi connectivity index (χ4v) is 3.30. The number of benzene rings is 2. The molecule has 1 unspecified atom stereocenters. The number of aryl methyl sites for hydroxylation is 1. The maximum absolute atomic E-state index is 13.2. The highest BCUT2D eigenvalue weighted by molar-refractivity contribution is 5.84. The van der Waals surface area contributed by atoms with E-state index in [2.05, 4.69) is 10.3 Å². The van der Waals surface area contributed by atoms with Crippen LogP contribution in [-0.2, 0) is 11.3 Å². The Morgan fingerprint density at radius 2 is 1.81 bits per heavy atom. The maximum atomic E-state index is 13.2. The molecular weight excluding hydrogens is 343 g/mol. The van der Waals surface area contributed by atoms with Gasteiger partial charge in [-0.05, 0) is 54.1 Å². The smallest absolute Gasteiger partial charge is 0.253 e. The Morgan fingerprint density at radius 3 is 2.48 bits per heavy atom. The lowest BCUT2D eigenvalue weighted by Crippen LogP contribution is -2.33. The van der Waals surface area contributed by atoms with Crippen LogP contribution in [0.2, 0.25) is 0 Å². The number of hydrogen-bond donors (Lipinski definition) is 2. The molecule has 0 bridgehead atoms. The van der Waals surface area contributed by atoms with Crippen LogP contribution in [0.15, 0.2) is 53.3 Å². The molecule has 3 rings (SSSR count). The van der Waals surface area contributed by atoms with Crippen LogP contribution < -0.4 is 10.9 Å². The third kappa shape index (κ3) is 4.25. The molecule has 3 aromatic rings. The minimum atomic E-state index is -0.410. The van der Waals surface area contributed by atoms with E-state index < -0.39 is 5.92 Å². The van der Waals surface area contributed by atoms with Crippen molar-refractivity contribution in [2.24, 2.45) is 5.92 Å². The lowest BCUT2D eigenvalue weighted by molar-refractivity contribution is -0.123. The van der Waals surface area contributed by atoms with Crippen LogP contribution in [-0.4, -0.2) is 10.9 Å². The number of pyridine rings is 1. The van der Waals surface area contributed by atoms with Crippen LogP contribution in [0, 0.1) is 18.7 Å². The van der Waals surface area contributed by atoms with Gasteiger partial charge in [0.2, 0.25) is 5.91 Å². The summed E-state index contributed by atoms with van der Waals surface area (Å²) in [5.74, 6) is -0.889. The van der Waals surface area contributed by atoms with E-state index in [0.29, 0.717) is 5.56 Å². The molecular formula is C22H23FN2O2. The van der Waals surface area contributed by atoms with Crippen LogP contribution in [0.4, 0.5) is 4.39 Å². The third-order valence-electron chi connectivity index (χ3n) is 4.71. The molecule has 5 heteroatoms. The van der Waals surface area contributed by atoms with Crippen molar-refractivity contribution in [3.63, 3.8) is 0 Å². The fourth-order valence-electron chi connectivity index (χ4n) is 3.30. The number of nitrogens with one attached hydrogen (secondary N) is 2. The lowest BCUT2D eigenvalue weighted by Gasteiger charge is -2.20. The Morgan fingerprint density at radius 1 is 1.11 bits per heavy atom. The van der Waals surface area contributed by atoms with Gasteiger partial charge in [0.1, 0.15) is 5.82 Å². The van der Waals surface area contributed by atoms with Crippen molar-refractivity contribution in [1.29, 1.82) is 0 Å². The van der Waals surface area contributed by atoms with Crippen molar-refractivity contribution < 1.29 is 9.18 Å². The van der Waals surface area contributed by atoms with E-state index in [-0.39, 0.29) is 29.7 Å². The zero-order chi connectivity index (χ0) is 19.6. The first-order chi connectivity index (χ1) is 12.8. The number of amides is 1. The number of fused-ring (bicyclic) bond motifs is 1. The summed E-state index contributed by atoms with van der Waals surface area (Å²) in [5.41, 5.74) is 2.91. The van der Waals surface area contributed by atoms with E-state index in [0.717, 1.165) is 22.0 Å². The minimum absolute atomic E-state index is 0.0352. The summed E-state index contributed by atoms with van der Waals surface area (Å²) in [5, 5.41) is 3.79. The predicted molar refractivity (Wildman–Crippen MR) is 105 cm³/mol. The summed E-state index contributed by atoms with van der Waals surface area (Å²) in [4.78, 5) is 27.9. The van der Waals surface area contributed by atoms with Crippen molar-refractivity contribution >= 4 is 16.8 Å². The Bertz CT molecular complexity index is 1020. The molecule has 0 spiro atoms. The third-order valence-corrected chi connectivity index (χ3v) is 4.71. The van der Waals surface area contributed by atoms with Crippen LogP contribution in [0.3, 0.4) is 0 Å². The molecule has 4 nitrogen and oxygen atoms in total. The minimum Gasteiger partial charge on any atom is -0.351 e. The molecule has 0 saturated carbocycles. The average molecular weight is 366 g/mol. The highest BCUT2D eigenvalue weighted by Crippen LogP contribution is 2.25. The number of carbonyl (C=O) groups is 1. The van der Waals surface area contributed by atoms with Crippen molar-refractivity contribution in [3.05, 3.63) is 81.4 Å². The Kier molecular flexibility index (Phi) is 5.40. The van der Waals surface area contributed by atoms with Crippen LogP contribution in [0.5, 0.6) is 0 Å². The Labute approximate surface area is 157 Å². The molecule has 0 aliphatic carbocycles. The normalized spacial score (nSPS) is 12.3. The van der Waals surface area contributed by atoms with Crippen LogP contribution in [0.25, 0.3) is 10.9 Å². The zero-order valence-electron chi connectivity index (χ0n) is 15.7. The van der Waals surface area contributed by atoms with Gasteiger partial charge < -0.3 is 10.3 Å². The Balaban J connectivity index is 1.81. The van der Waals surface area contributed by atoms with Gasteiger partial charge in [0.25, 0.3) is 5.56 Å². The van der Waals surface area contributed by atoms with Gasteiger partial charge in [-0.25, -0.2) is 4.39 Å². The second kappa shape index (κ2) is 7.74. The summed E-state index contributed by atoms with van der Waals surface area (Å²) in [6.45, 7) is 6.02. The molecule has 1 amide bonds. The molecule has 0 aliphatic rings. The zero-order valence-corrected chi connectivity index (χ0v) is 15.7. The van der Waals surface area contributed by atoms with Crippen LogP contribution in [0.1, 0.15) is 36.5 Å². The second-order valence-electron chi connectivity index (χ2n) is 7.21. The van der Waals surface area contributed by atoms with E-state index >= 15 is 0 Å². The quantitative estimate of drug-likeness (QED) is 0.716. The molecule has 2 N–H and O–H groups in total. The van der Waals surface area contributed by atoms with E-state index in [1.165, 1.54) is 12.1 Å². The molecule has 140 valence electrons. The van der Waals surface area contributed by atoms with Crippen molar-refractivity contribution in [3.8, 4) is 0 Å². The van der Waals surface area contributed by atoms with Gasteiger partial charge in [0.15, 0.2) is 0 Å². The fraction of sp³-hybridized carbons (Fsp3) is 0.273. The number of aromatic amines is 1. The highest BCUT2D eigenvalue weighted by Gasteiger charge is 2.24. The van der Waals surface area contributed by atoms with E-state index in [1.54, 1.807) is 12.1 Å². The molecule has 0 aliphatic heterocycles.